The number of hydrogen-bond donors (Lipinski definition) is 0. The Morgan fingerprint density at radius 2 is 1.39 bits per heavy atom. The van der Waals surface area contributed by atoms with Crippen LogP contribution in [0.1, 0.15) is 0 Å². The van der Waals surface area contributed by atoms with Crippen LogP contribution in [0.3, 0.4) is 0 Å². The summed E-state index contributed by atoms with van der Waals surface area (Å²) in [4.78, 5) is 10.1. The third-order valence-electron chi connectivity index (χ3n) is 4.52. The van der Waals surface area contributed by atoms with Gasteiger partial charge >= 0.3 is 0 Å². The van der Waals surface area contributed by atoms with Crippen LogP contribution in [0.4, 0.5) is 0 Å². The Morgan fingerprint density at radius 3 is 2.10 bits per heavy atom. The molecule has 0 saturated carbocycles. The van der Waals surface area contributed by atoms with Crippen LogP contribution in [0.15, 0.2) is 97.2 Å². The quantitative estimate of drug-likeness (QED) is 0.189. The van der Waals surface area contributed by atoms with E-state index in [-0.39, 0.29) is 20.1 Å². The molecule has 0 aliphatic heterocycles. The average molecular weight is 613 g/mol. The smallest absolute Gasteiger partial charge is 0.124 e. The maximum atomic E-state index is 4.73. The SMILES string of the molecule is [Ir].[c-]1ccccc1-c1ccccn1.[c-]1ccccc1-c1nc2sc3ccccc3c2s1. The molecule has 31 heavy (non-hydrogen) atoms. The van der Waals surface area contributed by atoms with Gasteiger partial charge in [0.15, 0.2) is 0 Å². The van der Waals surface area contributed by atoms with Crippen molar-refractivity contribution in [2.75, 3.05) is 0 Å². The molecule has 3 aromatic carbocycles. The fourth-order valence-corrected chi connectivity index (χ4v) is 5.44. The molecule has 1 radical (unpaired) electrons. The van der Waals surface area contributed by atoms with Crippen LogP contribution < -0.4 is 0 Å². The summed E-state index contributed by atoms with van der Waals surface area (Å²) in [6, 6.07) is 36.5. The molecule has 0 unspecified atom stereocenters. The molecular formula is C26H16IrN2S2-2. The molecule has 0 saturated heterocycles. The van der Waals surface area contributed by atoms with Crippen molar-refractivity contribution in [2.24, 2.45) is 0 Å². The first kappa shape index (κ1) is 21.5. The van der Waals surface area contributed by atoms with Crippen molar-refractivity contribution in [3.8, 4) is 21.8 Å². The van der Waals surface area contributed by atoms with Gasteiger partial charge in [0.2, 0.25) is 0 Å². The van der Waals surface area contributed by atoms with E-state index in [2.05, 4.69) is 47.4 Å². The molecule has 0 aliphatic rings. The summed E-state index contributed by atoms with van der Waals surface area (Å²) in [5.41, 5.74) is 3.09. The molecular weight excluding hydrogens is 597 g/mol. The number of rotatable bonds is 2. The predicted molar refractivity (Wildman–Crippen MR) is 128 cm³/mol. The van der Waals surface area contributed by atoms with E-state index in [0.717, 1.165) is 26.7 Å². The summed E-state index contributed by atoms with van der Waals surface area (Å²) >= 11 is 3.52. The minimum absolute atomic E-state index is 0. The van der Waals surface area contributed by atoms with Gasteiger partial charge in [-0.3, -0.25) is 4.98 Å². The third kappa shape index (κ3) is 4.81. The van der Waals surface area contributed by atoms with Crippen LogP contribution in [0, 0.1) is 12.1 Å². The molecule has 0 amide bonds. The summed E-state index contributed by atoms with van der Waals surface area (Å²) < 4.78 is 2.61. The Bertz CT molecular complexity index is 1340. The molecule has 153 valence electrons. The second kappa shape index (κ2) is 10.1. The van der Waals surface area contributed by atoms with Crippen LogP contribution in [-0.2, 0) is 20.1 Å². The molecule has 5 heteroatoms. The molecule has 0 N–H and O–H groups in total. The van der Waals surface area contributed by atoms with E-state index in [0.29, 0.717) is 0 Å². The Balaban J connectivity index is 0.000000156. The molecule has 6 aromatic rings. The molecule has 3 heterocycles. The van der Waals surface area contributed by atoms with E-state index in [1.54, 1.807) is 28.9 Å². The van der Waals surface area contributed by atoms with Crippen LogP contribution in [0.25, 0.3) is 41.4 Å². The zero-order valence-corrected chi connectivity index (χ0v) is 20.3. The van der Waals surface area contributed by atoms with E-state index in [4.69, 9.17) is 4.98 Å². The third-order valence-corrected chi connectivity index (χ3v) is 6.84. The maximum absolute atomic E-state index is 4.73. The summed E-state index contributed by atoms with van der Waals surface area (Å²) in [5.74, 6) is 0. The minimum Gasteiger partial charge on any atom is -0.305 e. The molecule has 0 spiro atoms. The zero-order chi connectivity index (χ0) is 20.2. The van der Waals surface area contributed by atoms with Crippen LogP contribution in [0.2, 0.25) is 0 Å². The average Bonchev–Trinajstić information content (AvgIpc) is 3.40. The van der Waals surface area contributed by atoms with E-state index in [1.165, 1.54) is 14.8 Å². The molecule has 0 fully saturated rings. The van der Waals surface area contributed by atoms with Crippen LogP contribution >= 0.6 is 22.7 Å². The molecule has 0 aliphatic carbocycles. The number of thiophene rings is 1. The number of thiazole rings is 1. The topological polar surface area (TPSA) is 25.8 Å². The van der Waals surface area contributed by atoms with Gasteiger partial charge in [0.25, 0.3) is 0 Å². The van der Waals surface area contributed by atoms with Crippen molar-refractivity contribution in [1.29, 1.82) is 0 Å². The fraction of sp³-hybridized carbons (Fsp3) is 0. The molecule has 2 nitrogen and oxygen atoms in total. The summed E-state index contributed by atoms with van der Waals surface area (Å²) in [6.45, 7) is 0. The molecule has 0 bridgehead atoms. The van der Waals surface area contributed by atoms with Gasteiger partial charge < -0.3 is 4.98 Å². The van der Waals surface area contributed by atoms with Crippen molar-refractivity contribution in [1.82, 2.24) is 9.97 Å². The van der Waals surface area contributed by atoms with Gasteiger partial charge in [-0.2, -0.15) is 11.3 Å². The Hall–Kier alpha value is -2.69. The number of benzene rings is 3. The minimum atomic E-state index is 0. The Kier molecular flexibility index (Phi) is 7.00. The number of pyridine rings is 1. The van der Waals surface area contributed by atoms with Gasteiger partial charge in [0, 0.05) is 41.4 Å². The van der Waals surface area contributed by atoms with Gasteiger partial charge in [-0.1, -0.05) is 30.3 Å². The molecule has 3 aromatic heterocycles. The largest absolute Gasteiger partial charge is 0.305 e. The van der Waals surface area contributed by atoms with Gasteiger partial charge in [-0.15, -0.1) is 83.1 Å². The van der Waals surface area contributed by atoms with E-state index < -0.39 is 0 Å². The van der Waals surface area contributed by atoms with Crippen LogP contribution in [-0.4, -0.2) is 9.97 Å². The number of aromatic nitrogens is 2. The zero-order valence-electron chi connectivity index (χ0n) is 16.3. The Morgan fingerprint density at radius 1 is 0.677 bits per heavy atom. The van der Waals surface area contributed by atoms with Gasteiger partial charge in [-0.05, 0) is 17.8 Å². The van der Waals surface area contributed by atoms with Crippen molar-refractivity contribution < 1.29 is 20.1 Å². The number of nitrogens with zero attached hydrogens (tertiary/aromatic N) is 2. The van der Waals surface area contributed by atoms with Crippen LogP contribution in [0.5, 0.6) is 0 Å². The summed E-state index contributed by atoms with van der Waals surface area (Å²) in [5, 5.41) is 2.37. The summed E-state index contributed by atoms with van der Waals surface area (Å²) in [6.07, 6.45) is 1.79. The molecule has 6 rings (SSSR count). The Labute approximate surface area is 202 Å². The van der Waals surface area contributed by atoms with Crippen molar-refractivity contribution in [2.45, 2.75) is 0 Å². The van der Waals surface area contributed by atoms with Gasteiger partial charge in [0.05, 0.1) is 4.70 Å². The second-order valence-corrected chi connectivity index (χ2v) is 8.55. The predicted octanol–water partition coefficient (Wildman–Crippen LogP) is 7.52. The van der Waals surface area contributed by atoms with Crippen molar-refractivity contribution in [3.63, 3.8) is 0 Å². The van der Waals surface area contributed by atoms with Crippen molar-refractivity contribution >= 4 is 42.3 Å². The monoisotopic (exact) mass is 613 g/mol. The maximum Gasteiger partial charge on any atom is 0.124 e. The first-order chi connectivity index (χ1) is 14.9. The fourth-order valence-electron chi connectivity index (χ4n) is 3.11. The first-order valence-corrected chi connectivity index (χ1v) is 11.1. The van der Waals surface area contributed by atoms with E-state index >= 15 is 0 Å². The second-order valence-electron chi connectivity index (χ2n) is 6.52. The standard InChI is InChI=1S/C15H8NS2.C11H8N.Ir/c1-2-6-10(7-3-1)14-16-15-13(18-14)11-8-4-5-9-12(11)17-15;1-2-6-10(7-3-1)11-8-4-5-9-12-11;/h1-6,8-9H;1-6,8-9H;/q2*-1;. The first-order valence-electron chi connectivity index (χ1n) is 9.52. The van der Waals surface area contributed by atoms with Gasteiger partial charge in [0.1, 0.15) is 4.83 Å². The molecule has 0 atom stereocenters. The van der Waals surface area contributed by atoms with Gasteiger partial charge in [-0.25, -0.2) is 0 Å². The number of hydrogen-bond acceptors (Lipinski definition) is 4. The summed E-state index contributed by atoms with van der Waals surface area (Å²) in [7, 11) is 0. The van der Waals surface area contributed by atoms with Crippen molar-refractivity contribution in [3.05, 3.63) is 109 Å². The van der Waals surface area contributed by atoms with E-state index in [1.807, 2.05) is 60.7 Å². The number of fused-ring (bicyclic) bond motifs is 3. The normalized spacial score (nSPS) is 10.3. The van der Waals surface area contributed by atoms with E-state index in [9.17, 15) is 0 Å².